The van der Waals surface area contributed by atoms with Crippen molar-refractivity contribution in [3.8, 4) is 0 Å². The first-order valence-electron chi connectivity index (χ1n) is 10.3. The summed E-state index contributed by atoms with van der Waals surface area (Å²) in [6.45, 7) is 6.83. The van der Waals surface area contributed by atoms with Crippen molar-refractivity contribution < 1.29 is 0 Å². The summed E-state index contributed by atoms with van der Waals surface area (Å²) in [6.07, 6.45) is 19.3. The number of allylic oxidation sites excluding steroid dienone is 3. The molecule has 0 heterocycles. The van der Waals surface area contributed by atoms with Crippen molar-refractivity contribution in [3.63, 3.8) is 0 Å². The summed E-state index contributed by atoms with van der Waals surface area (Å²) in [5.41, 5.74) is 6.52. The quantitative estimate of drug-likeness (QED) is 0.262. The fraction of sp³-hybridized carbons (Fsp3) is 0.818. The Kier molecular flexibility index (Phi) is 11.2. The van der Waals surface area contributed by atoms with Crippen LogP contribution >= 0.6 is 0 Å². The van der Waals surface area contributed by atoms with Crippen molar-refractivity contribution in [2.75, 3.05) is 7.05 Å². The molecule has 23 heavy (non-hydrogen) atoms. The number of hydrogen-bond acceptors (Lipinski definition) is 1. The van der Waals surface area contributed by atoms with E-state index in [2.05, 4.69) is 33.1 Å². The van der Waals surface area contributed by atoms with Crippen LogP contribution in [0.4, 0.5) is 0 Å². The Labute approximate surface area is 146 Å². The number of nitrogens with one attached hydrogen (secondary N) is 1. The van der Waals surface area contributed by atoms with Gasteiger partial charge in [0.25, 0.3) is 0 Å². The SMILES string of the molecule is CCCCCCCCCCCC(C/C(NC)=C(\C)CC)=C1CC1. The molecular weight excluding hydrogens is 278 g/mol. The van der Waals surface area contributed by atoms with E-state index < -0.39 is 0 Å². The van der Waals surface area contributed by atoms with Gasteiger partial charge in [0.1, 0.15) is 0 Å². The van der Waals surface area contributed by atoms with Gasteiger partial charge in [-0.15, -0.1) is 0 Å². The molecule has 134 valence electrons. The predicted molar refractivity (Wildman–Crippen MR) is 105 cm³/mol. The minimum atomic E-state index is 1.16. The van der Waals surface area contributed by atoms with Crippen molar-refractivity contribution >= 4 is 0 Å². The normalized spacial score (nSPS) is 14.7. The van der Waals surface area contributed by atoms with Gasteiger partial charge in [-0.3, -0.25) is 0 Å². The number of hydrogen-bond donors (Lipinski definition) is 1. The highest BCUT2D eigenvalue weighted by Gasteiger charge is 2.18. The summed E-state index contributed by atoms with van der Waals surface area (Å²) in [5, 5.41) is 3.45. The van der Waals surface area contributed by atoms with E-state index in [-0.39, 0.29) is 0 Å². The Morgan fingerprint density at radius 2 is 1.43 bits per heavy atom. The van der Waals surface area contributed by atoms with Gasteiger partial charge in [-0.25, -0.2) is 0 Å². The second-order valence-electron chi connectivity index (χ2n) is 7.32. The molecule has 0 bridgehead atoms. The van der Waals surface area contributed by atoms with Crippen LogP contribution in [0.1, 0.15) is 111 Å². The summed E-state index contributed by atoms with van der Waals surface area (Å²) in [7, 11) is 2.09. The molecule has 1 aliphatic rings. The lowest BCUT2D eigenvalue weighted by Gasteiger charge is -2.14. The number of unbranched alkanes of at least 4 members (excludes halogenated alkanes) is 8. The first-order chi connectivity index (χ1) is 11.2. The maximum atomic E-state index is 3.45. The summed E-state index contributed by atoms with van der Waals surface area (Å²) in [6, 6.07) is 0. The van der Waals surface area contributed by atoms with Crippen LogP contribution in [0.2, 0.25) is 0 Å². The van der Waals surface area contributed by atoms with Crippen molar-refractivity contribution in [1.82, 2.24) is 5.32 Å². The molecule has 1 saturated carbocycles. The third-order valence-electron chi connectivity index (χ3n) is 5.32. The highest BCUT2D eigenvalue weighted by Crippen LogP contribution is 2.36. The average Bonchev–Trinajstić information content (AvgIpc) is 3.40. The van der Waals surface area contributed by atoms with Gasteiger partial charge in [0.05, 0.1) is 0 Å². The molecule has 0 radical (unpaired) electrons. The summed E-state index contributed by atoms with van der Waals surface area (Å²) in [4.78, 5) is 0. The second-order valence-corrected chi connectivity index (χ2v) is 7.32. The van der Waals surface area contributed by atoms with E-state index in [1.54, 1.807) is 11.1 Å². The zero-order valence-corrected chi connectivity index (χ0v) is 16.4. The van der Waals surface area contributed by atoms with Crippen LogP contribution in [0.3, 0.4) is 0 Å². The Balaban J connectivity index is 2.20. The molecule has 0 aromatic carbocycles. The third-order valence-corrected chi connectivity index (χ3v) is 5.32. The molecule has 1 fully saturated rings. The molecule has 1 rings (SSSR count). The Morgan fingerprint density at radius 3 is 1.91 bits per heavy atom. The molecule has 0 saturated heterocycles. The van der Waals surface area contributed by atoms with Gasteiger partial charge >= 0.3 is 0 Å². The monoisotopic (exact) mass is 319 g/mol. The van der Waals surface area contributed by atoms with E-state index in [1.165, 1.54) is 94.7 Å². The van der Waals surface area contributed by atoms with Crippen LogP contribution in [-0.2, 0) is 0 Å². The van der Waals surface area contributed by atoms with E-state index >= 15 is 0 Å². The first-order valence-corrected chi connectivity index (χ1v) is 10.3. The maximum absolute atomic E-state index is 3.45. The van der Waals surface area contributed by atoms with Crippen LogP contribution in [-0.4, -0.2) is 7.05 Å². The van der Waals surface area contributed by atoms with E-state index in [4.69, 9.17) is 0 Å². The van der Waals surface area contributed by atoms with Crippen molar-refractivity contribution in [2.24, 2.45) is 0 Å². The lowest BCUT2D eigenvalue weighted by atomic mass is 9.98. The van der Waals surface area contributed by atoms with Gasteiger partial charge in [0.2, 0.25) is 0 Å². The second kappa shape index (κ2) is 12.7. The van der Waals surface area contributed by atoms with Crippen molar-refractivity contribution in [3.05, 3.63) is 22.4 Å². The van der Waals surface area contributed by atoms with Crippen LogP contribution in [0.15, 0.2) is 22.4 Å². The summed E-state index contributed by atoms with van der Waals surface area (Å²) >= 11 is 0. The van der Waals surface area contributed by atoms with E-state index in [1.807, 2.05) is 0 Å². The Hall–Kier alpha value is -0.720. The molecule has 0 unspecified atom stereocenters. The zero-order chi connectivity index (χ0) is 16.9. The van der Waals surface area contributed by atoms with Crippen LogP contribution < -0.4 is 5.32 Å². The first kappa shape index (κ1) is 20.3. The van der Waals surface area contributed by atoms with Crippen molar-refractivity contribution in [2.45, 2.75) is 111 Å². The standard InChI is InChI=1S/C22H41N/c1-5-7-8-9-10-11-12-13-14-15-21(20-16-17-20)18-22(23-4)19(3)6-2/h23H,5-18H2,1-4H3/b22-19-. The number of rotatable bonds is 14. The van der Waals surface area contributed by atoms with E-state index in [0.29, 0.717) is 0 Å². The molecule has 1 N–H and O–H groups in total. The summed E-state index contributed by atoms with van der Waals surface area (Å²) in [5.74, 6) is 0. The van der Waals surface area contributed by atoms with Gasteiger partial charge in [0.15, 0.2) is 0 Å². The topological polar surface area (TPSA) is 12.0 Å². The minimum Gasteiger partial charge on any atom is -0.391 e. The lowest BCUT2D eigenvalue weighted by molar-refractivity contribution is 0.563. The average molecular weight is 320 g/mol. The maximum Gasteiger partial charge on any atom is 0.0134 e. The predicted octanol–water partition coefficient (Wildman–Crippen LogP) is 7.29. The zero-order valence-electron chi connectivity index (χ0n) is 16.4. The molecule has 0 amide bonds. The molecule has 0 spiro atoms. The Morgan fingerprint density at radius 1 is 0.870 bits per heavy atom. The fourth-order valence-electron chi connectivity index (χ4n) is 3.33. The van der Waals surface area contributed by atoms with E-state index in [0.717, 1.165) is 6.42 Å². The van der Waals surface area contributed by atoms with Gasteiger partial charge in [-0.05, 0) is 39.0 Å². The molecular formula is C22H41N. The summed E-state index contributed by atoms with van der Waals surface area (Å²) < 4.78 is 0. The molecule has 0 aromatic heterocycles. The largest absolute Gasteiger partial charge is 0.391 e. The lowest BCUT2D eigenvalue weighted by Crippen LogP contribution is -2.09. The van der Waals surface area contributed by atoms with Crippen molar-refractivity contribution in [1.29, 1.82) is 0 Å². The Bertz CT molecular complexity index is 369. The third kappa shape index (κ3) is 9.23. The highest BCUT2D eigenvalue weighted by atomic mass is 14.8. The minimum absolute atomic E-state index is 1.16. The fourth-order valence-corrected chi connectivity index (χ4v) is 3.33. The molecule has 1 aliphatic carbocycles. The molecule has 0 aliphatic heterocycles. The van der Waals surface area contributed by atoms with Gasteiger partial charge in [0, 0.05) is 19.2 Å². The van der Waals surface area contributed by atoms with Crippen LogP contribution in [0.25, 0.3) is 0 Å². The smallest absolute Gasteiger partial charge is 0.0134 e. The van der Waals surface area contributed by atoms with Crippen LogP contribution in [0.5, 0.6) is 0 Å². The van der Waals surface area contributed by atoms with Gasteiger partial charge < -0.3 is 5.32 Å². The molecule has 0 aromatic rings. The van der Waals surface area contributed by atoms with Crippen LogP contribution in [0, 0.1) is 0 Å². The van der Waals surface area contributed by atoms with Gasteiger partial charge in [-0.2, -0.15) is 0 Å². The highest BCUT2D eigenvalue weighted by molar-refractivity contribution is 5.30. The molecule has 0 atom stereocenters. The van der Waals surface area contributed by atoms with Gasteiger partial charge in [-0.1, -0.05) is 81.9 Å². The molecule has 1 heteroatoms. The van der Waals surface area contributed by atoms with E-state index in [9.17, 15) is 0 Å². The molecule has 1 nitrogen and oxygen atoms in total.